The van der Waals surface area contributed by atoms with Crippen LogP contribution in [0.1, 0.15) is 31.2 Å². The largest absolute Gasteiger partial charge is 0.408 e. The molecule has 0 unspecified atom stereocenters. The molecule has 1 aromatic carbocycles. The highest BCUT2D eigenvalue weighted by atomic mass is 35.5. The lowest BCUT2D eigenvalue weighted by Gasteiger charge is -2.07. The first-order chi connectivity index (χ1) is 8.69. The van der Waals surface area contributed by atoms with E-state index < -0.39 is 0 Å². The highest BCUT2D eigenvalue weighted by molar-refractivity contribution is 6.17. The molecular formula is C13H16ClN3O. The van der Waals surface area contributed by atoms with Crippen LogP contribution in [-0.2, 0) is 6.42 Å². The molecule has 96 valence electrons. The number of alkyl halides is 1. The van der Waals surface area contributed by atoms with E-state index in [0.717, 1.165) is 5.69 Å². The third-order valence-electron chi connectivity index (χ3n) is 2.58. The molecule has 5 heteroatoms. The third kappa shape index (κ3) is 3.23. The predicted octanol–water partition coefficient (Wildman–Crippen LogP) is 3.72. The Bertz CT molecular complexity index is 510. The van der Waals surface area contributed by atoms with Crippen LogP contribution in [0.5, 0.6) is 0 Å². The van der Waals surface area contributed by atoms with Gasteiger partial charge in [-0.05, 0) is 23.6 Å². The van der Waals surface area contributed by atoms with Crippen molar-refractivity contribution in [3.05, 3.63) is 35.7 Å². The van der Waals surface area contributed by atoms with E-state index >= 15 is 0 Å². The number of rotatable bonds is 5. The highest BCUT2D eigenvalue weighted by Gasteiger charge is 2.06. The summed E-state index contributed by atoms with van der Waals surface area (Å²) in [7, 11) is 0. The molecule has 0 amide bonds. The van der Waals surface area contributed by atoms with Gasteiger partial charge in [0.25, 0.3) is 0 Å². The molecule has 1 N–H and O–H groups in total. The van der Waals surface area contributed by atoms with Gasteiger partial charge in [0.1, 0.15) is 0 Å². The summed E-state index contributed by atoms with van der Waals surface area (Å²) in [6.45, 7) is 4.31. The van der Waals surface area contributed by atoms with Gasteiger partial charge in [-0.2, -0.15) is 0 Å². The maximum atomic E-state index is 5.61. The van der Waals surface area contributed by atoms with Crippen molar-refractivity contribution in [1.82, 2.24) is 10.2 Å². The molecule has 0 atom stereocenters. The number of nitrogens with zero attached hydrogens (tertiary/aromatic N) is 2. The number of benzene rings is 1. The maximum Gasteiger partial charge on any atom is 0.320 e. The Labute approximate surface area is 111 Å². The van der Waals surface area contributed by atoms with Crippen LogP contribution in [0.4, 0.5) is 11.7 Å². The molecule has 0 aliphatic carbocycles. The molecule has 1 heterocycles. The second kappa shape index (κ2) is 5.87. The van der Waals surface area contributed by atoms with Gasteiger partial charge >= 0.3 is 6.01 Å². The van der Waals surface area contributed by atoms with Crippen LogP contribution in [0.15, 0.2) is 28.7 Å². The molecule has 0 saturated heterocycles. The number of halogens is 1. The van der Waals surface area contributed by atoms with Crippen molar-refractivity contribution in [2.75, 3.05) is 11.2 Å². The van der Waals surface area contributed by atoms with Crippen LogP contribution in [-0.4, -0.2) is 16.1 Å². The van der Waals surface area contributed by atoms with E-state index in [1.54, 1.807) is 0 Å². The fourth-order valence-electron chi connectivity index (χ4n) is 1.58. The monoisotopic (exact) mass is 265 g/mol. The number of nitrogens with one attached hydrogen (secondary N) is 1. The topological polar surface area (TPSA) is 51.0 Å². The van der Waals surface area contributed by atoms with E-state index in [1.165, 1.54) is 5.56 Å². The van der Waals surface area contributed by atoms with E-state index in [1.807, 2.05) is 12.1 Å². The zero-order chi connectivity index (χ0) is 13.0. The summed E-state index contributed by atoms with van der Waals surface area (Å²) < 4.78 is 5.41. The van der Waals surface area contributed by atoms with E-state index in [9.17, 15) is 0 Å². The van der Waals surface area contributed by atoms with E-state index in [-0.39, 0.29) is 0 Å². The van der Waals surface area contributed by atoms with Crippen molar-refractivity contribution < 1.29 is 4.42 Å². The quantitative estimate of drug-likeness (QED) is 0.837. The van der Waals surface area contributed by atoms with Crippen molar-refractivity contribution in [1.29, 1.82) is 0 Å². The van der Waals surface area contributed by atoms with Crippen molar-refractivity contribution >= 4 is 23.3 Å². The Balaban J connectivity index is 2.10. The summed E-state index contributed by atoms with van der Waals surface area (Å²) in [6, 6.07) is 8.56. The molecule has 0 saturated carbocycles. The number of anilines is 2. The molecule has 0 fully saturated rings. The highest BCUT2D eigenvalue weighted by Crippen LogP contribution is 2.21. The summed E-state index contributed by atoms with van der Waals surface area (Å²) in [4.78, 5) is 0. The van der Waals surface area contributed by atoms with Gasteiger partial charge in [0.05, 0.1) is 0 Å². The second-order valence-electron chi connectivity index (χ2n) is 4.35. The minimum atomic E-state index is 0.399. The first-order valence-corrected chi connectivity index (χ1v) is 6.48. The van der Waals surface area contributed by atoms with Crippen LogP contribution >= 0.6 is 11.6 Å². The molecule has 0 aliphatic heterocycles. The molecule has 0 radical (unpaired) electrons. The molecule has 4 nitrogen and oxygen atoms in total. The van der Waals surface area contributed by atoms with Gasteiger partial charge < -0.3 is 9.73 Å². The molecule has 2 rings (SSSR count). The minimum absolute atomic E-state index is 0.399. The van der Waals surface area contributed by atoms with Gasteiger partial charge in [0, 0.05) is 18.0 Å². The summed E-state index contributed by atoms with van der Waals surface area (Å²) in [6.07, 6.45) is 0.586. The Kier molecular flexibility index (Phi) is 4.20. The van der Waals surface area contributed by atoms with Gasteiger partial charge in [-0.1, -0.05) is 31.1 Å². The van der Waals surface area contributed by atoms with Crippen LogP contribution in [0, 0.1) is 0 Å². The first kappa shape index (κ1) is 12.9. The lowest BCUT2D eigenvalue weighted by atomic mass is 10.0. The number of aryl methyl sites for hydroxylation is 1. The smallest absolute Gasteiger partial charge is 0.320 e. The lowest BCUT2D eigenvalue weighted by Crippen LogP contribution is -1.93. The number of hydrogen-bond donors (Lipinski definition) is 1. The zero-order valence-corrected chi connectivity index (χ0v) is 11.2. The van der Waals surface area contributed by atoms with E-state index in [4.69, 9.17) is 16.0 Å². The Morgan fingerprint density at radius 3 is 2.89 bits per heavy atom. The number of aromatic nitrogens is 2. The average Bonchev–Trinajstić information content (AvgIpc) is 2.77. The molecule has 0 aliphatic rings. The van der Waals surface area contributed by atoms with Crippen LogP contribution in [0.2, 0.25) is 0 Å². The van der Waals surface area contributed by atoms with Gasteiger partial charge in [-0.25, -0.2) is 0 Å². The first-order valence-electron chi connectivity index (χ1n) is 5.94. The van der Waals surface area contributed by atoms with Crippen molar-refractivity contribution in [2.24, 2.45) is 0 Å². The fourth-order valence-corrected chi connectivity index (χ4v) is 1.75. The Hall–Kier alpha value is -1.55. The normalized spacial score (nSPS) is 10.9. The predicted molar refractivity (Wildman–Crippen MR) is 72.5 cm³/mol. The van der Waals surface area contributed by atoms with Crippen molar-refractivity contribution in [2.45, 2.75) is 26.2 Å². The average molecular weight is 266 g/mol. The minimum Gasteiger partial charge on any atom is -0.408 e. The molecule has 1 aromatic heterocycles. The van der Waals surface area contributed by atoms with Gasteiger partial charge in [0.2, 0.25) is 5.89 Å². The molecule has 0 spiro atoms. The van der Waals surface area contributed by atoms with Gasteiger partial charge in [-0.3, -0.25) is 0 Å². The molecule has 2 aromatic rings. The van der Waals surface area contributed by atoms with Gasteiger partial charge in [-0.15, -0.1) is 16.7 Å². The van der Waals surface area contributed by atoms with Crippen LogP contribution in [0.3, 0.4) is 0 Å². The second-order valence-corrected chi connectivity index (χ2v) is 4.72. The summed E-state index contributed by atoms with van der Waals surface area (Å²) in [5.41, 5.74) is 2.21. The summed E-state index contributed by atoms with van der Waals surface area (Å²) >= 11 is 5.61. The SMILES string of the molecule is CC(C)c1cccc(Nc2nnc(CCCl)o2)c1. The molecule has 0 bridgehead atoms. The van der Waals surface area contributed by atoms with Crippen LogP contribution in [0.25, 0.3) is 0 Å². The van der Waals surface area contributed by atoms with E-state index in [2.05, 4.69) is 41.5 Å². The van der Waals surface area contributed by atoms with Crippen molar-refractivity contribution in [3.63, 3.8) is 0 Å². The fraction of sp³-hybridized carbons (Fsp3) is 0.385. The van der Waals surface area contributed by atoms with E-state index in [0.29, 0.717) is 30.1 Å². The Morgan fingerprint density at radius 2 is 2.17 bits per heavy atom. The standard InChI is InChI=1S/C13H16ClN3O/c1-9(2)10-4-3-5-11(8-10)15-13-17-16-12(18-13)6-7-14/h3-5,8-9H,6-7H2,1-2H3,(H,15,17). The van der Waals surface area contributed by atoms with Crippen LogP contribution < -0.4 is 5.32 Å². The maximum absolute atomic E-state index is 5.61. The van der Waals surface area contributed by atoms with Crippen molar-refractivity contribution in [3.8, 4) is 0 Å². The molecular weight excluding hydrogens is 250 g/mol. The van der Waals surface area contributed by atoms with Gasteiger partial charge in [0.15, 0.2) is 0 Å². The summed E-state index contributed by atoms with van der Waals surface area (Å²) in [5, 5.41) is 10.9. The molecule has 18 heavy (non-hydrogen) atoms. The third-order valence-corrected chi connectivity index (χ3v) is 2.77. The summed E-state index contributed by atoms with van der Waals surface area (Å²) in [5.74, 6) is 1.51. The lowest BCUT2D eigenvalue weighted by molar-refractivity contribution is 0.516. The Morgan fingerprint density at radius 1 is 1.33 bits per heavy atom. The zero-order valence-electron chi connectivity index (χ0n) is 10.5. The number of hydrogen-bond acceptors (Lipinski definition) is 4.